The molecule has 1 unspecified atom stereocenters. The third kappa shape index (κ3) is 3.09. The average Bonchev–Trinajstić information content (AvgIpc) is 2.94. The van der Waals surface area contributed by atoms with Crippen LogP contribution >= 0.6 is 11.3 Å². The smallest absolute Gasteiger partial charge is 0.237 e. The van der Waals surface area contributed by atoms with Gasteiger partial charge in [0, 0.05) is 37.6 Å². The molecule has 1 aromatic rings. The highest BCUT2D eigenvalue weighted by Gasteiger charge is 2.30. The van der Waals surface area contributed by atoms with Crippen LogP contribution in [-0.4, -0.2) is 60.4 Å². The minimum atomic E-state index is -0.385. The number of nitrogens with one attached hydrogen (secondary N) is 1. The maximum atomic E-state index is 12.5. The number of amides is 2. The summed E-state index contributed by atoms with van der Waals surface area (Å²) in [6, 6.07) is 1.71. The Morgan fingerprint density at radius 1 is 1.43 bits per heavy atom. The predicted octanol–water partition coefficient (Wildman–Crippen LogP) is -0.608. The third-order valence-corrected chi connectivity index (χ3v) is 5.20. The average molecular weight is 308 g/mol. The summed E-state index contributed by atoms with van der Waals surface area (Å²) in [5.41, 5.74) is 6.67. The van der Waals surface area contributed by atoms with E-state index >= 15 is 0 Å². The first-order valence-electron chi connectivity index (χ1n) is 7.22. The molecule has 0 saturated carbocycles. The molecule has 1 fully saturated rings. The van der Waals surface area contributed by atoms with Crippen LogP contribution in [0.5, 0.6) is 0 Å². The zero-order valence-corrected chi connectivity index (χ0v) is 12.7. The van der Waals surface area contributed by atoms with E-state index in [0.29, 0.717) is 19.6 Å². The number of thiophene rings is 1. The Balaban J connectivity index is 1.62. The third-order valence-electron chi connectivity index (χ3n) is 4.18. The lowest BCUT2D eigenvalue weighted by Gasteiger charge is -2.35. The summed E-state index contributed by atoms with van der Waals surface area (Å²) >= 11 is 1.76. The number of primary amides is 1. The highest BCUT2D eigenvalue weighted by atomic mass is 32.1. The summed E-state index contributed by atoms with van der Waals surface area (Å²) in [4.78, 5) is 29.1. The van der Waals surface area contributed by atoms with Gasteiger partial charge in [-0.25, -0.2) is 0 Å². The van der Waals surface area contributed by atoms with E-state index in [2.05, 4.69) is 16.8 Å². The molecule has 2 amide bonds. The highest BCUT2D eigenvalue weighted by Crippen LogP contribution is 2.24. The Labute approximate surface area is 127 Å². The quantitative estimate of drug-likeness (QED) is 0.781. The molecule has 7 heteroatoms. The van der Waals surface area contributed by atoms with Crippen LogP contribution in [0.4, 0.5) is 0 Å². The van der Waals surface area contributed by atoms with Crippen LogP contribution in [0.1, 0.15) is 10.4 Å². The van der Waals surface area contributed by atoms with Crippen LogP contribution in [-0.2, 0) is 22.6 Å². The summed E-state index contributed by atoms with van der Waals surface area (Å²) in [6.45, 7) is 3.71. The standard InChI is InChI=1S/C14H20N4O2S/c15-14(20)11-7-16-3-5-17(11)9-13(19)18-4-1-12-10(8-18)2-6-21-12/h2,6,11,16H,1,3-5,7-9H2,(H2,15,20). The van der Waals surface area contributed by atoms with Gasteiger partial charge in [0.15, 0.2) is 0 Å². The first kappa shape index (κ1) is 14.5. The van der Waals surface area contributed by atoms with Gasteiger partial charge in [0.05, 0.1) is 6.54 Å². The van der Waals surface area contributed by atoms with Crippen LogP contribution < -0.4 is 11.1 Å². The van der Waals surface area contributed by atoms with Crippen molar-refractivity contribution in [3.05, 3.63) is 21.9 Å². The van der Waals surface area contributed by atoms with E-state index < -0.39 is 0 Å². The summed E-state index contributed by atoms with van der Waals surface area (Å²) < 4.78 is 0. The van der Waals surface area contributed by atoms with Crippen molar-refractivity contribution in [3.63, 3.8) is 0 Å². The summed E-state index contributed by atoms with van der Waals surface area (Å²) in [5, 5.41) is 5.22. The van der Waals surface area contributed by atoms with Gasteiger partial charge < -0.3 is 16.0 Å². The molecule has 1 aromatic heterocycles. The zero-order valence-electron chi connectivity index (χ0n) is 11.9. The van der Waals surface area contributed by atoms with Gasteiger partial charge in [-0.05, 0) is 23.4 Å². The van der Waals surface area contributed by atoms with Gasteiger partial charge in [-0.2, -0.15) is 0 Å². The van der Waals surface area contributed by atoms with Crippen molar-refractivity contribution in [3.8, 4) is 0 Å². The Bertz CT molecular complexity index is 545. The van der Waals surface area contributed by atoms with E-state index in [9.17, 15) is 9.59 Å². The van der Waals surface area contributed by atoms with Crippen LogP contribution in [0.15, 0.2) is 11.4 Å². The van der Waals surface area contributed by atoms with Gasteiger partial charge in [-0.3, -0.25) is 14.5 Å². The van der Waals surface area contributed by atoms with Crippen molar-refractivity contribution in [1.29, 1.82) is 0 Å². The second-order valence-electron chi connectivity index (χ2n) is 5.53. The number of carbonyl (C=O) groups is 2. The molecule has 2 aliphatic rings. The first-order chi connectivity index (χ1) is 10.1. The zero-order chi connectivity index (χ0) is 14.8. The number of hydrogen-bond donors (Lipinski definition) is 2. The van der Waals surface area contributed by atoms with E-state index in [4.69, 9.17) is 5.73 Å². The maximum absolute atomic E-state index is 12.5. The fourth-order valence-corrected chi connectivity index (χ4v) is 3.84. The lowest BCUT2D eigenvalue weighted by Crippen LogP contribution is -2.59. The largest absolute Gasteiger partial charge is 0.368 e. The molecular formula is C14H20N4O2S. The summed E-state index contributed by atoms with van der Waals surface area (Å²) in [6.07, 6.45) is 0.930. The fraction of sp³-hybridized carbons (Fsp3) is 0.571. The molecule has 3 heterocycles. The van der Waals surface area contributed by atoms with Crippen LogP contribution in [0.3, 0.4) is 0 Å². The normalized spacial score (nSPS) is 22.9. The predicted molar refractivity (Wildman–Crippen MR) is 80.9 cm³/mol. The Morgan fingerprint density at radius 3 is 3.10 bits per heavy atom. The Morgan fingerprint density at radius 2 is 2.29 bits per heavy atom. The van der Waals surface area contributed by atoms with E-state index in [1.54, 1.807) is 11.3 Å². The molecule has 0 aromatic carbocycles. The lowest BCUT2D eigenvalue weighted by molar-refractivity contribution is -0.135. The molecule has 114 valence electrons. The van der Waals surface area contributed by atoms with Gasteiger partial charge in [0.25, 0.3) is 0 Å². The molecule has 0 aliphatic carbocycles. The van der Waals surface area contributed by atoms with E-state index in [1.807, 2.05) is 9.80 Å². The molecule has 0 radical (unpaired) electrons. The van der Waals surface area contributed by atoms with E-state index in [-0.39, 0.29) is 24.4 Å². The molecule has 3 N–H and O–H groups in total. The van der Waals surface area contributed by atoms with E-state index in [1.165, 1.54) is 10.4 Å². The number of fused-ring (bicyclic) bond motifs is 1. The number of carbonyl (C=O) groups excluding carboxylic acids is 2. The van der Waals surface area contributed by atoms with Gasteiger partial charge in [0.1, 0.15) is 6.04 Å². The van der Waals surface area contributed by atoms with Crippen LogP contribution in [0.2, 0.25) is 0 Å². The molecule has 3 rings (SSSR count). The molecule has 0 spiro atoms. The maximum Gasteiger partial charge on any atom is 0.237 e. The number of piperazine rings is 1. The van der Waals surface area contributed by atoms with Gasteiger partial charge in [0.2, 0.25) is 11.8 Å². The van der Waals surface area contributed by atoms with Crippen LogP contribution in [0, 0.1) is 0 Å². The van der Waals surface area contributed by atoms with Crippen molar-refractivity contribution in [2.24, 2.45) is 5.73 Å². The monoisotopic (exact) mass is 308 g/mol. The Kier molecular flexibility index (Phi) is 4.23. The first-order valence-corrected chi connectivity index (χ1v) is 8.10. The topological polar surface area (TPSA) is 78.7 Å². The van der Waals surface area contributed by atoms with Gasteiger partial charge >= 0.3 is 0 Å². The number of nitrogens with two attached hydrogens (primary N) is 1. The number of hydrogen-bond acceptors (Lipinski definition) is 5. The van der Waals surface area contributed by atoms with E-state index in [0.717, 1.165) is 19.5 Å². The summed E-state index contributed by atoms with van der Waals surface area (Å²) in [7, 11) is 0. The second kappa shape index (κ2) is 6.13. The SMILES string of the molecule is NC(=O)C1CNCCN1CC(=O)N1CCc2sccc2C1. The number of nitrogens with zero attached hydrogens (tertiary/aromatic N) is 2. The highest BCUT2D eigenvalue weighted by molar-refractivity contribution is 7.10. The minimum Gasteiger partial charge on any atom is -0.368 e. The number of rotatable bonds is 3. The second-order valence-corrected chi connectivity index (χ2v) is 6.53. The van der Waals surface area contributed by atoms with Gasteiger partial charge in [-0.1, -0.05) is 0 Å². The van der Waals surface area contributed by atoms with Crippen molar-refractivity contribution in [2.75, 3.05) is 32.7 Å². The molecule has 6 nitrogen and oxygen atoms in total. The van der Waals surface area contributed by atoms with Crippen LogP contribution in [0.25, 0.3) is 0 Å². The van der Waals surface area contributed by atoms with Crippen molar-refractivity contribution >= 4 is 23.2 Å². The van der Waals surface area contributed by atoms with Crippen molar-refractivity contribution in [1.82, 2.24) is 15.1 Å². The Hall–Kier alpha value is -1.44. The molecule has 2 aliphatic heterocycles. The summed E-state index contributed by atoms with van der Waals surface area (Å²) in [5.74, 6) is -0.284. The van der Waals surface area contributed by atoms with Crippen molar-refractivity contribution < 1.29 is 9.59 Å². The molecular weight excluding hydrogens is 288 g/mol. The fourth-order valence-electron chi connectivity index (χ4n) is 2.95. The van der Waals surface area contributed by atoms with Gasteiger partial charge in [-0.15, -0.1) is 11.3 Å². The minimum absolute atomic E-state index is 0.0833. The molecule has 1 atom stereocenters. The van der Waals surface area contributed by atoms with Crippen molar-refractivity contribution in [2.45, 2.75) is 19.0 Å². The molecule has 0 bridgehead atoms. The lowest BCUT2D eigenvalue weighted by atomic mass is 10.1. The molecule has 1 saturated heterocycles. The molecule has 21 heavy (non-hydrogen) atoms.